The molecule has 1 aromatic carbocycles. The van der Waals surface area contributed by atoms with E-state index in [-0.39, 0.29) is 0 Å². The lowest BCUT2D eigenvalue weighted by atomic mass is 9.97. The van der Waals surface area contributed by atoms with Crippen molar-refractivity contribution in [2.75, 3.05) is 19.8 Å². The molecule has 0 atom stereocenters. The van der Waals surface area contributed by atoms with Crippen LogP contribution in [-0.4, -0.2) is 26.1 Å². The first kappa shape index (κ1) is 13.4. The molecular formula is C14H17ClO3. The van der Waals surface area contributed by atoms with Crippen molar-refractivity contribution in [1.82, 2.24) is 0 Å². The lowest BCUT2D eigenvalue weighted by Crippen LogP contribution is -2.18. The summed E-state index contributed by atoms with van der Waals surface area (Å²) in [6.07, 6.45) is 3.98. The second-order valence-electron chi connectivity index (χ2n) is 4.49. The van der Waals surface area contributed by atoms with Crippen molar-refractivity contribution in [3.05, 3.63) is 28.8 Å². The molecule has 4 heteroatoms. The predicted molar refractivity (Wildman–Crippen MR) is 70.5 cm³/mol. The van der Waals surface area contributed by atoms with Crippen molar-refractivity contribution in [3.8, 4) is 5.75 Å². The van der Waals surface area contributed by atoms with Crippen molar-refractivity contribution < 1.29 is 14.3 Å². The minimum atomic E-state index is 0.509. The van der Waals surface area contributed by atoms with E-state index in [1.165, 1.54) is 0 Å². The molecule has 3 nitrogen and oxygen atoms in total. The number of carbonyl (C=O) groups is 1. The summed E-state index contributed by atoms with van der Waals surface area (Å²) in [4.78, 5) is 10.9. The molecule has 0 bridgehead atoms. The Morgan fingerprint density at radius 2 is 2.17 bits per heavy atom. The van der Waals surface area contributed by atoms with E-state index < -0.39 is 0 Å². The quantitative estimate of drug-likeness (QED) is 0.769. The molecule has 18 heavy (non-hydrogen) atoms. The fourth-order valence-electron chi connectivity index (χ4n) is 2.11. The highest BCUT2D eigenvalue weighted by Gasteiger charge is 2.14. The smallest absolute Gasteiger partial charge is 0.153 e. The minimum Gasteiger partial charge on any atom is -0.493 e. The van der Waals surface area contributed by atoms with Crippen LogP contribution in [0.15, 0.2) is 18.2 Å². The Morgan fingerprint density at radius 1 is 1.39 bits per heavy atom. The van der Waals surface area contributed by atoms with Gasteiger partial charge in [-0.2, -0.15) is 0 Å². The predicted octanol–water partition coefficient (Wildman–Crippen LogP) is 3.35. The van der Waals surface area contributed by atoms with Crippen LogP contribution in [0.5, 0.6) is 5.75 Å². The summed E-state index contributed by atoms with van der Waals surface area (Å²) in [5, 5.41) is 0.550. The van der Waals surface area contributed by atoms with Crippen LogP contribution in [0.3, 0.4) is 0 Å². The number of ether oxygens (including phenoxy) is 2. The summed E-state index contributed by atoms with van der Waals surface area (Å²) >= 11 is 5.82. The van der Waals surface area contributed by atoms with Crippen LogP contribution in [0.2, 0.25) is 5.02 Å². The number of halogens is 1. The highest BCUT2D eigenvalue weighted by Crippen LogP contribution is 2.23. The van der Waals surface area contributed by atoms with Gasteiger partial charge in [0.25, 0.3) is 0 Å². The topological polar surface area (TPSA) is 35.5 Å². The van der Waals surface area contributed by atoms with Gasteiger partial charge in [0, 0.05) is 18.2 Å². The summed E-state index contributed by atoms with van der Waals surface area (Å²) in [6.45, 7) is 2.34. The number of aldehydes is 1. The number of rotatable bonds is 5. The summed E-state index contributed by atoms with van der Waals surface area (Å²) in [7, 11) is 0. The molecule has 1 aliphatic rings. The molecule has 0 aliphatic carbocycles. The van der Waals surface area contributed by atoms with Crippen LogP contribution in [0.1, 0.15) is 29.6 Å². The van der Waals surface area contributed by atoms with Gasteiger partial charge in [-0.15, -0.1) is 0 Å². The van der Waals surface area contributed by atoms with E-state index in [9.17, 15) is 4.79 Å². The normalized spacial score (nSPS) is 16.5. The van der Waals surface area contributed by atoms with Crippen molar-refractivity contribution in [3.63, 3.8) is 0 Å². The van der Waals surface area contributed by atoms with E-state index in [2.05, 4.69) is 0 Å². The molecule has 2 rings (SSSR count). The maximum atomic E-state index is 10.9. The summed E-state index contributed by atoms with van der Waals surface area (Å²) in [5.41, 5.74) is 0.509. The molecular weight excluding hydrogens is 252 g/mol. The Kier molecular flexibility index (Phi) is 5.02. The zero-order valence-corrected chi connectivity index (χ0v) is 11.0. The van der Waals surface area contributed by atoms with Crippen LogP contribution in [0, 0.1) is 5.92 Å². The van der Waals surface area contributed by atoms with Crippen molar-refractivity contribution in [1.29, 1.82) is 0 Å². The van der Waals surface area contributed by atoms with Crippen LogP contribution < -0.4 is 4.74 Å². The van der Waals surface area contributed by atoms with Gasteiger partial charge < -0.3 is 9.47 Å². The molecule has 0 saturated carbocycles. The molecule has 1 saturated heterocycles. The Bertz CT molecular complexity index is 400. The van der Waals surface area contributed by atoms with Crippen molar-refractivity contribution >= 4 is 17.9 Å². The number of hydrogen-bond acceptors (Lipinski definition) is 3. The molecule has 98 valence electrons. The fourth-order valence-corrected chi connectivity index (χ4v) is 2.29. The number of benzene rings is 1. The second kappa shape index (κ2) is 6.76. The van der Waals surface area contributed by atoms with Crippen LogP contribution in [0.4, 0.5) is 0 Å². The monoisotopic (exact) mass is 268 g/mol. The Balaban J connectivity index is 1.84. The SMILES string of the molecule is O=Cc1cc(Cl)ccc1OCCC1CCOCC1. The lowest BCUT2D eigenvalue weighted by Gasteiger charge is -2.22. The molecule has 1 fully saturated rings. The molecule has 1 aromatic rings. The van der Waals surface area contributed by atoms with Gasteiger partial charge in [-0.05, 0) is 43.4 Å². The van der Waals surface area contributed by atoms with Gasteiger partial charge >= 0.3 is 0 Å². The second-order valence-corrected chi connectivity index (χ2v) is 4.93. The van der Waals surface area contributed by atoms with Crippen LogP contribution >= 0.6 is 11.6 Å². The highest BCUT2D eigenvalue weighted by atomic mass is 35.5. The lowest BCUT2D eigenvalue weighted by molar-refractivity contribution is 0.0593. The van der Waals surface area contributed by atoms with E-state index in [1.54, 1.807) is 18.2 Å². The van der Waals surface area contributed by atoms with Gasteiger partial charge in [0.05, 0.1) is 12.2 Å². The highest BCUT2D eigenvalue weighted by molar-refractivity contribution is 6.30. The maximum Gasteiger partial charge on any atom is 0.153 e. The van der Waals surface area contributed by atoms with E-state index in [0.29, 0.717) is 28.9 Å². The Hall–Kier alpha value is -1.06. The summed E-state index contributed by atoms with van der Waals surface area (Å²) < 4.78 is 11.0. The van der Waals surface area contributed by atoms with Gasteiger partial charge in [0.2, 0.25) is 0 Å². The van der Waals surface area contributed by atoms with E-state index in [4.69, 9.17) is 21.1 Å². The Labute approximate surface area is 112 Å². The van der Waals surface area contributed by atoms with Crippen LogP contribution in [-0.2, 0) is 4.74 Å². The first-order valence-electron chi connectivity index (χ1n) is 6.25. The van der Waals surface area contributed by atoms with Gasteiger partial charge in [-0.1, -0.05) is 11.6 Å². The molecule has 0 spiro atoms. The van der Waals surface area contributed by atoms with Crippen LogP contribution in [0.25, 0.3) is 0 Å². The fraction of sp³-hybridized carbons (Fsp3) is 0.500. The van der Waals surface area contributed by atoms with E-state index >= 15 is 0 Å². The third-order valence-corrected chi connectivity index (χ3v) is 3.46. The third kappa shape index (κ3) is 3.72. The standard InChI is InChI=1S/C14H17ClO3/c15-13-1-2-14(12(9-13)10-16)18-8-5-11-3-6-17-7-4-11/h1-2,9-11H,3-8H2. The van der Waals surface area contributed by atoms with Crippen molar-refractivity contribution in [2.24, 2.45) is 5.92 Å². The molecule has 0 aromatic heterocycles. The van der Waals surface area contributed by atoms with E-state index in [0.717, 1.165) is 38.8 Å². The maximum absolute atomic E-state index is 10.9. The zero-order chi connectivity index (χ0) is 12.8. The minimum absolute atomic E-state index is 0.509. The number of hydrogen-bond donors (Lipinski definition) is 0. The average molecular weight is 269 g/mol. The Morgan fingerprint density at radius 3 is 2.89 bits per heavy atom. The molecule has 0 unspecified atom stereocenters. The molecule has 1 aliphatic heterocycles. The number of carbonyl (C=O) groups excluding carboxylic acids is 1. The average Bonchev–Trinajstić information content (AvgIpc) is 2.41. The molecule has 1 heterocycles. The zero-order valence-electron chi connectivity index (χ0n) is 10.2. The van der Waals surface area contributed by atoms with E-state index in [1.807, 2.05) is 0 Å². The first-order valence-corrected chi connectivity index (χ1v) is 6.62. The summed E-state index contributed by atoms with van der Waals surface area (Å²) in [5.74, 6) is 1.28. The summed E-state index contributed by atoms with van der Waals surface area (Å²) in [6, 6.07) is 5.10. The molecule has 0 radical (unpaired) electrons. The van der Waals surface area contributed by atoms with Gasteiger partial charge in [0.1, 0.15) is 5.75 Å². The van der Waals surface area contributed by atoms with Crippen molar-refractivity contribution in [2.45, 2.75) is 19.3 Å². The molecule has 0 N–H and O–H groups in total. The first-order chi connectivity index (χ1) is 8.79. The van der Waals surface area contributed by atoms with Gasteiger partial charge in [-0.25, -0.2) is 0 Å². The van der Waals surface area contributed by atoms with Gasteiger partial charge in [-0.3, -0.25) is 4.79 Å². The largest absolute Gasteiger partial charge is 0.493 e. The van der Waals surface area contributed by atoms with Gasteiger partial charge in [0.15, 0.2) is 6.29 Å². The molecule has 0 amide bonds. The third-order valence-electron chi connectivity index (χ3n) is 3.22.